The summed E-state index contributed by atoms with van der Waals surface area (Å²) >= 11 is 0. The van der Waals surface area contributed by atoms with Gasteiger partial charge in [0.25, 0.3) is 0 Å². The molecule has 3 aliphatic heterocycles. The number of carbonyl (C=O) groups is 1. The Bertz CT molecular complexity index is 1070. The molecule has 5 rings (SSSR count). The molecule has 3 heterocycles. The van der Waals surface area contributed by atoms with Crippen molar-refractivity contribution in [1.29, 1.82) is 0 Å². The minimum atomic E-state index is -0.261. The predicted octanol–water partition coefficient (Wildman–Crippen LogP) is 4.71. The van der Waals surface area contributed by atoms with Crippen LogP contribution < -0.4 is 4.90 Å². The van der Waals surface area contributed by atoms with Crippen molar-refractivity contribution in [2.45, 2.75) is 37.6 Å². The van der Waals surface area contributed by atoms with E-state index in [9.17, 15) is 13.6 Å². The van der Waals surface area contributed by atoms with E-state index in [-0.39, 0.29) is 41.9 Å². The minimum Gasteiger partial charge on any atom is -0.337 e. The molecule has 2 fully saturated rings. The van der Waals surface area contributed by atoms with Crippen LogP contribution in [0.4, 0.5) is 20.2 Å². The van der Waals surface area contributed by atoms with Crippen LogP contribution in [0.5, 0.6) is 0 Å². The van der Waals surface area contributed by atoms with Crippen molar-refractivity contribution in [1.82, 2.24) is 9.80 Å². The number of hydrogen-bond donors (Lipinski definition) is 0. The molecule has 0 aliphatic carbocycles. The summed E-state index contributed by atoms with van der Waals surface area (Å²) in [4.78, 5) is 18.3. The summed E-state index contributed by atoms with van der Waals surface area (Å²) in [5.41, 5.74) is 2.95. The first-order valence-corrected chi connectivity index (χ1v) is 11.4. The monoisotopic (exact) mass is 471 g/mol. The third-order valence-corrected chi connectivity index (χ3v) is 6.86. The van der Waals surface area contributed by atoms with Gasteiger partial charge in [0.15, 0.2) is 0 Å². The second-order valence-electron chi connectivity index (χ2n) is 8.87. The zero-order valence-corrected chi connectivity index (χ0v) is 19.3. The van der Waals surface area contributed by atoms with Crippen LogP contribution in [-0.2, 0) is 4.79 Å². The smallest absolute Gasteiger partial charge is 0.223 e. The van der Waals surface area contributed by atoms with Crippen LogP contribution in [0.25, 0.3) is 0 Å². The Balaban J connectivity index is 0.00000259. The molecule has 0 aromatic heterocycles. The highest BCUT2D eigenvalue weighted by atomic mass is 35.5. The standard InChI is InChI=1S/C26H27F2N3O.ClH/c27-19-6-9-21(10-7-19)31-24-11-8-20(28)17-22(24)23-18-29(16-12-25(23)31)13-3-4-15-30-14-2-1-5-26(30)32;/h6-11,17,23,25H,1-2,5,12-16,18H2;1H. The van der Waals surface area contributed by atoms with E-state index in [1.807, 2.05) is 11.0 Å². The normalized spacial score (nSPS) is 22.2. The molecule has 33 heavy (non-hydrogen) atoms. The van der Waals surface area contributed by atoms with Crippen LogP contribution in [0.15, 0.2) is 42.5 Å². The molecule has 2 atom stereocenters. The summed E-state index contributed by atoms with van der Waals surface area (Å²) in [6.45, 7) is 3.66. The van der Waals surface area contributed by atoms with Crippen LogP contribution in [0.3, 0.4) is 0 Å². The van der Waals surface area contributed by atoms with Crippen molar-refractivity contribution in [3.8, 4) is 11.8 Å². The summed E-state index contributed by atoms with van der Waals surface area (Å²) < 4.78 is 27.6. The van der Waals surface area contributed by atoms with E-state index in [4.69, 9.17) is 0 Å². The van der Waals surface area contributed by atoms with Gasteiger partial charge in [-0.25, -0.2) is 8.78 Å². The molecule has 2 aromatic rings. The molecule has 174 valence electrons. The van der Waals surface area contributed by atoms with Gasteiger partial charge in [0, 0.05) is 49.4 Å². The van der Waals surface area contributed by atoms with Gasteiger partial charge in [0.2, 0.25) is 5.91 Å². The molecule has 2 aromatic carbocycles. The molecule has 7 heteroatoms. The number of anilines is 2. The highest BCUT2D eigenvalue weighted by Gasteiger charge is 2.42. The average molecular weight is 472 g/mol. The molecule has 2 unspecified atom stereocenters. The maximum Gasteiger partial charge on any atom is 0.223 e. The Labute approximate surface area is 200 Å². The van der Waals surface area contributed by atoms with Gasteiger partial charge < -0.3 is 9.80 Å². The number of amides is 1. The van der Waals surface area contributed by atoms with Crippen molar-refractivity contribution < 1.29 is 13.6 Å². The summed E-state index contributed by atoms with van der Waals surface area (Å²) in [6.07, 6.45) is 3.60. The Morgan fingerprint density at radius 2 is 1.70 bits per heavy atom. The Morgan fingerprint density at radius 1 is 0.939 bits per heavy atom. The SMILES string of the molecule is Cl.O=C1CCCCN1CC#CCN1CCC2C(C1)c1cc(F)ccc1N2c1ccc(F)cc1. The second kappa shape index (κ2) is 10.1. The average Bonchev–Trinajstić information content (AvgIpc) is 3.11. The molecule has 0 saturated carbocycles. The number of likely N-dealkylation sites (tertiary alicyclic amines) is 2. The van der Waals surface area contributed by atoms with Gasteiger partial charge in [0.1, 0.15) is 11.6 Å². The molecular weight excluding hydrogens is 444 g/mol. The van der Waals surface area contributed by atoms with Crippen LogP contribution in [0.2, 0.25) is 0 Å². The van der Waals surface area contributed by atoms with E-state index in [0.29, 0.717) is 19.5 Å². The molecule has 4 nitrogen and oxygen atoms in total. The fourth-order valence-corrected chi connectivity index (χ4v) is 5.27. The quantitative estimate of drug-likeness (QED) is 0.606. The number of rotatable bonds is 3. The van der Waals surface area contributed by atoms with E-state index in [2.05, 4.69) is 21.6 Å². The topological polar surface area (TPSA) is 26.8 Å². The molecule has 0 radical (unpaired) electrons. The van der Waals surface area contributed by atoms with E-state index >= 15 is 0 Å². The van der Waals surface area contributed by atoms with Gasteiger partial charge in [0.05, 0.1) is 13.1 Å². The highest BCUT2D eigenvalue weighted by molar-refractivity contribution is 5.85. The summed E-state index contributed by atoms with van der Waals surface area (Å²) in [6, 6.07) is 11.7. The lowest BCUT2D eigenvalue weighted by atomic mass is 9.89. The van der Waals surface area contributed by atoms with Crippen molar-refractivity contribution in [3.05, 3.63) is 59.7 Å². The van der Waals surface area contributed by atoms with E-state index in [0.717, 1.165) is 55.8 Å². The number of nitrogens with zero attached hydrogens (tertiary/aromatic N) is 3. The van der Waals surface area contributed by atoms with Gasteiger partial charge in [-0.1, -0.05) is 11.8 Å². The Kier molecular flexibility index (Phi) is 7.21. The maximum absolute atomic E-state index is 14.1. The molecule has 0 spiro atoms. The summed E-state index contributed by atoms with van der Waals surface area (Å²) in [5.74, 6) is 6.29. The largest absolute Gasteiger partial charge is 0.337 e. The highest BCUT2D eigenvalue weighted by Crippen LogP contribution is 2.48. The number of piperidine rings is 2. The first kappa shape index (κ1) is 23.5. The number of fused-ring (bicyclic) bond motifs is 3. The molecule has 1 amide bonds. The minimum absolute atomic E-state index is 0. The van der Waals surface area contributed by atoms with E-state index in [1.165, 1.54) is 18.2 Å². The van der Waals surface area contributed by atoms with Crippen molar-refractivity contribution in [2.75, 3.05) is 37.6 Å². The van der Waals surface area contributed by atoms with Gasteiger partial charge in [-0.05, 0) is 67.3 Å². The number of benzene rings is 2. The lowest BCUT2D eigenvalue weighted by molar-refractivity contribution is -0.132. The van der Waals surface area contributed by atoms with Gasteiger partial charge in [-0.3, -0.25) is 9.69 Å². The molecule has 0 N–H and O–H groups in total. The summed E-state index contributed by atoms with van der Waals surface area (Å²) in [7, 11) is 0. The van der Waals surface area contributed by atoms with Gasteiger partial charge >= 0.3 is 0 Å². The van der Waals surface area contributed by atoms with E-state index in [1.54, 1.807) is 18.2 Å². The van der Waals surface area contributed by atoms with Crippen molar-refractivity contribution >= 4 is 29.7 Å². The predicted molar refractivity (Wildman–Crippen MR) is 128 cm³/mol. The van der Waals surface area contributed by atoms with Crippen LogP contribution in [0.1, 0.15) is 37.2 Å². The fourth-order valence-electron chi connectivity index (χ4n) is 5.27. The fraction of sp³-hybridized carbons (Fsp3) is 0.423. The second-order valence-corrected chi connectivity index (χ2v) is 8.87. The van der Waals surface area contributed by atoms with Crippen LogP contribution in [-0.4, -0.2) is 54.5 Å². The molecule has 2 saturated heterocycles. The zero-order chi connectivity index (χ0) is 22.1. The Hall–Kier alpha value is -2.62. The molecule has 3 aliphatic rings. The van der Waals surface area contributed by atoms with E-state index < -0.39 is 0 Å². The third kappa shape index (κ3) is 4.85. The summed E-state index contributed by atoms with van der Waals surface area (Å²) in [5, 5.41) is 0. The molecular formula is C26H28ClF2N3O. The van der Waals surface area contributed by atoms with Crippen LogP contribution >= 0.6 is 12.4 Å². The lowest BCUT2D eigenvalue weighted by Crippen LogP contribution is -2.45. The third-order valence-electron chi connectivity index (χ3n) is 6.86. The van der Waals surface area contributed by atoms with Gasteiger partial charge in [-0.2, -0.15) is 0 Å². The first-order chi connectivity index (χ1) is 15.6. The first-order valence-electron chi connectivity index (χ1n) is 11.4. The number of hydrogen-bond acceptors (Lipinski definition) is 3. The number of halogens is 3. The van der Waals surface area contributed by atoms with Crippen molar-refractivity contribution in [2.24, 2.45) is 0 Å². The zero-order valence-electron chi connectivity index (χ0n) is 18.5. The van der Waals surface area contributed by atoms with Crippen LogP contribution in [0, 0.1) is 23.5 Å². The maximum atomic E-state index is 14.1. The molecule has 0 bridgehead atoms. The van der Waals surface area contributed by atoms with Crippen molar-refractivity contribution in [3.63, 3.8) is 0 Å². The lowest BCUT2D eigenvalue weighted by Gasteiger charge is -2.38. The number of carbonyl (C=O) groups excluding carboxylic acids is 1. The van der Waals surface area contributed by atoms with Gasteiger partial charge in [-0.15, -0.1) is 12.4 Å². The Morgan fingerprint density at radius 3 is 2.48 bits per heavy atom.